The predicted octanol–water partition coefficient (Wildman–Crippen LogP) is 2.40. The van der Waals surface area contributed by atoms with Crippen LogP contribution in [0.4, 0.5) is 13.2 Å². The number of phenolic OH excluding ortho intramolecular Hbond substituents is 2. The highest BCUT2D eigenvalue weighted by atomic mass is 19.4. The maximum absolute atomic E-state index is 14.0. The lowest BCUT2D eigenvalue weighted by molar-refractivity contribution is -0.266. The van der Waals surface area contributed by atoms with Crippen molar-refractivity contribution < 1.29 is 42.4 Å². The van der Waals surface area contributed by atoms with Crippen LogP contribution in [0.15, 0.2) is 48.5 Å². The summed E-state index contributed by atoms with van der Waals surface area (Å²) in [7, 11) is 1.76. The van der Waals surface area contributed by atoms with Gasteiger partial charge in [0, 0.05) is 19.1 Å². The number of benzene rings is 2. The van der Waals surface area contributed by atoms with Gasteiger partial charge in [0.05, 0.1) is 7.11 Å². The zero-order valence-corrected chi connectivity index (χ0v) is 16.1. The van der Waals surface area contributed by atoms with Crippen molar-refractivity contribution in [3.8, 4) is 11.5 Å². The number of phenols is 2. The van der Waals surface area contributed by atoms with Gasteiger partial charge in [-0.25, -0.2) is 4.79 Å². The van der Waals surface area contributed by atoms with Gasteiger partial charge in [0.1, 0.15) is 6.04 Å². The van der Waals surface area contributed by atoms with Crippen molar-refractivity contribution in [3.63, 3.8) is 0 Å². The molecule has 1 amide bonds. The van der Waals surface area contributed by atoms with Gasteiger partial charge in [0.15, 0.2) is 11.5 Å². The number of nitrogens with one attached hydrogen (secondary N) is 1. The molecule has 0 radical (unpaired) electrons. The Hall–Kier alpha value is -3.27. The summed E-state index contributed by atoms with van der Waals surface area (Å²) in [5.74, 6) is -3.52. The first-order valence-corrected chi connectivity index (χ1v) is 8.64. The zero-order valence-electron chi connectivity index (χ0n) is 16.1. The molecule has 0 saturated heterocycles. The normalized spacial score (nSPS) is 14.4. The highest BCUT2D eigenvalue weighted by molar-refractivity contribution is 5.91. The van der Waals surface area contributed by atoms with Crippen molar-refractivity contribution in [2.75, 3.05) is 14.2 Å². The van der Waals surface area contributed by atoms with Gasteiger partial charge in [-0.1, -0.05) is 36.4 Å². The van der Waals surface area contributed by atoms with E-state index in [1.165, 1.54) is 24.3 Å². The number of methoxy groups -OCH3 is 2. The molecule has 3 N–H and O–H groups in total. The second-order valence-electron chi connectivity index (χ2n) is 6.33. The van der Waals surface area contributed by atoms with E-state index in [-0.39, 0.29) is 12.0 Å². The standard InChI is InChI=1S/C20H20F3NO6/c1-29-17(27)14(10-12-8-9-15(25)16(26)11-12)24-18(28)19(30-2,20(21,22)23)13-6-4-3-5-7-13/h3-9,11,14,25-26H,10H2,1-2H3,(H,24,28)/t14-,19-/m0/s1. The fourth-order valence-electron chi connectivity index (χ4n) is 2.95. The molecule has 0 aliphatic carbocycles. The van der Waals surface area contributed by atoms with Crippen LogP contribution < -0.4 is 5.32 Å². The highest BCUT2D eigenvalue weighted by Gasteiger charge is 2.63. The fraction of sp³-hybridized carbons (Fsp3) is 0.300. The minimum absolute atomic E-state index is 0.260. The van der Waals surface area contributed by atoms with Gasteiger partial charge < -0.3 is 25.0 Å². The molecule has 7 nitrogen and oxygen atoms in total. The second-order valence-corrected chi connectivity index (χ2v) is 6.33. The van der Waals surface area contributed by atoms with Gasteiger partial charge in [-0.05, 0) is 17.7 Å². The molecule has 0 saturated carbocycles. The fourth-order valence-corrected chi connectivity index (χ4v) is 2.95. The van der Waals surface area contributed by atoms with E-state index in [9.17, 15) is 33.0 Å². The first-order valence-electron chi connectivity index (χ1n) is 8.64. The van der Waals surface area contributed by atoms with Crippen LogP contribution in [-0.2, 0) is 31.1 Å². The third-order valence-electron chi connectivity index (χ3n) is 4.48. The van der Waals surface area contributed by atoms with Crippen LogP contribution in [0.25, 0.3) is 0 Å². The molecule has 0 aliphatic rings. The molecule has 30 heavy (non-hydrogen) atoms. The molecule has 2 aromatic carbocycles. The van der Waals surface area contributed by atoms with E-state index in [4.69, 9.17) is 0 Å². The lowest BCUT2D eigenvalue weighted by atomic mass is 9.91. The summed E-state index contributed by atoms with van der Waals surface area (Å²) in [5.41, 5.74) is -3.57. The minimum Gasteiger partial charge on any atom is -0.504 e. The topological polar surface area (TPSA) is 105 Å². The summed E-state index contributed by atoms with van der Waals surface area (Å²) >= 11 is 0. The van der Waals surface area contributed by atoms with Crippen molar-refractivity contribution in [3.05, 3.63) is 59.7 Å². The number of ether oxygens (including phenoxy) is 2. The maximum atomic E-state index is 14.0. The van der Waals surface area contributed by atoms with Gasteiger partial charge in [0.25, 0.3) is 11.5 Å². The number of rotatable bonds is 7. The largest absolute Gasteiger partial charge is 0.504 e. The van der Waals surface area contributed by atoms with Crippen LogP contribution in [0, 0.1) is 0 Å². The monoisotopic (exact) mass is 427 g/mol. The average Bonchev–Trinajstić information content (AvgIpc) is 2.70. The number of carbonyl (C=O) groups excluding carboxylic acids is 2. The number of esters is 1. The van der Waals surface area contributed by atoms with Crippen molar-refractivity contribution >= 4 is 11.9 Å². The Morgan fingerprint density at radius 3 is 2.17 bits per heavy atom. The molecule has 0 aromatic heterocycles. The smallest absolute Gasteiger partial charge is 0.430 e. The molecule has 162 valence electrons. The molecule has 0 heterocycles. The van der Waals surface area contributed by atoms with Crippen LogP contribution in [0.5, 0.6) is 11.5 Å². The first-order chi connectivity index (χ1) is 14.1. The second kappa shape index (κ2) is 9.04. The highest BCUT2D eigenvalue weighted by Crippen LogP contribution is 2.42. The van der Waals surface area contributed by atoms with Crippen LogP contribution in [0.1, 0.15) is 11.1 Å². The SMILES string of the molecule is COC(=O)[C@H](Cc1ccc(O)c(O)c1)NC(=O)[C@@](OC)(c1ccccc1)C(F)(F)F. The van der Waals surface area contributed by atoms with E-state index in [0.717, 1.165) is 38.5 Å². The maximum Gasteiger partial charge on any atom is 0.430 e. The number of aromatic hydroxyl groups is 2. The van der Waals surface area contributed by atoms with Crippen LogP contribution in [0.2, 0.25) is 0 Å². The molecule has 0 aliphatic heterocycles. The summed E-state index contributed by atoms with van der Waals surface area (Å²) < 4.78 is 51.3. The van der Waals surface area contributed by atoms with Crippen molar-refractivity contribution in [2.24, 2.45) is 0 Å². The third-order valence-corrected chi connectivity index (χ3v) is 4.48. The van der Waals surface area contributed by atoms with E-state index >= 15 is 0 Å². The molecular weight excluding hydrogens is 407 g/mol. The van der Waals surface area contributed by atoms with Gasteiger partial charge in [-0.15, -0.1) is 0 Å². The quantitative estimate of drug-likeness (QED) is 0.463. The number of carbonyl (C=O) groups is 2. The van der Waals surface area contributed by atoms with E-state index < -0.39 is 46.8 Å². The van der Waals surface area contributed by atoms with Gasteiger partial charge in [-0.2, -0.15) is 13.2 Å². The summed E-state index contributed by atoms with van der Waals surface area (Å²) in [6.07, 6.45) is -5.46. The van der Waals surface area contributed by atoms with Crippen molar-refractivity contribution in [1.29, 1.82) is 0 Å². The average molecular weight is 427 g/mol. The van der Waals surface area contributed by atoms with Crippen LogP contribution >= 0.6 is 0 Å². The third kappa shape index (κ3) is 4.48. The summed E-state index contributed by atoms with van der Waals surface area (Å²) in [6, 6.07) is 8.35. The molecule has 10 heteroatoms. The molecule has 0 fully saturated rings. The van der Waals surface area contributed by atoms with Crippen molar-refractivity contribution in [2.45, 2.75) is 24.2 Å². The Morgan fingerprint density at radius 2 is 1.67 bits per heavy atom. The van der Waals surface area contributed by atoms with Gasteiger partial charge >= 0.3 is 12.1 Å². The number of amides is 1. The van der Waals surface area contributed by atoms with Crippen LogP contribution in [-0.4, -0.2) is 48.5 Å². The minimum atomic E-state index is -5.15. The number of alkyl halides is 3. The van der Waals surface area contributed by atoms with Gasteiger partial charge in [0.2, 0.25) is 0 Å². The molecule has 0 bridgehead atoms. The summed E-state index contributed by atoms with van der Waals surface area (Å²) in [4.78, 5) is 25.0. The lowest BCUT2D eigenvalue weighted by Crippen LogP contribution is -2.59. The molecule has 0 unspecified atom stereocenters. The number of hydrogen-bond donors (Lipinski definition) is 3. The van der Waals surface area contributed by atoms with E-state index in [0.29, 0.717) is 0 Å². The number of hydrogen-bond acceptors (Lipinski definition) is 6. The van der Waals surface area contributed by atoms with Crippen molar-refractivity contribution in [1.82, 2.24) is 5.32 Å². The van der Waals surface area contributed by atoms with E-state index in [1.54, 1.807) is 0 Å². The molecular formula is C20H20F3NO6. The zero-order chi connectivity index (χ0) is 22.5. The number of halogens is 3. The summed E-state index contributed by atoms with van der Waals surface area (Å²) in [6.45, 7) is 0. The Bertz CT molecular complexity index is 903. The van der Waals surface area contributed by atoms with Gasteiger partial charge in [-0.3, -0.25) is 4.79 Å². The Balaban J connectivity index is 2.42. The first kappa shape index (κ1) is 23.0. The van der Waals surface area contributed by atoms with E-state index in [1.807, 2.05) is 5.32 Å². The lowest BCUT2D eigenvalue weighted by Gasteiger charge is -2.34. The Morgan fingerprint density at radius 1 is 1.03 bits per heavy atom. The Labute approximate surface area is 170 Å². The molecule has 2 rings (SSSR count). The van der Waals surface area contributed by atoms with Crippen LogP contribution in [0.3, 0.4) is 0 Å². The molecule has 2 aromatic rings. The van der Waals surface area contributed by atoms with E-state index in [2.05, 4.69) is 9.47 Å². The summed E-state index contributed by atoms with van der Waals surface area (Å²) in [5, 5.41) is 21.0. The molecule has 0 spiro atoms. The Kier molecular flexibility index (Phi) is 6.93. The predicted molar refractivity (Wildman–Crippen MR) is 98.6 cm³/mol. The molecule has 2 atom stereocenters.